The van der Waals surface area contributed by atoms with Crippen LogP contribution >= 0.6 is 0 Å². The summed E-state index contributed by atoms with van der Waals surface area (Å²) in [6.45, 7) is 9.00. The monoisotopic (exact) mass is 786 g/mol. The third-order valence-electron chi connectivity index (χ3n) is 11.2. The topological polar surface area (TPSA) is 186 Å². The number of nitrogens with zero attached hydrogens (tertiary/aromatic N) is 3. The van der Waals surface area contributed by atoms with E-state index in [2.05, 4.69) is 15.4 Å². The molecule has 2 saturated carbocycles. The molecule has 1 saturated heterocycles. The molecule has 0 radical (unpaired) electrons. The lowest BCUT2D eigenvalue weighted by Gasteiger charge is -2.32. The van der Waals surface area contributed by atoms with Crippen LogP contribution < -0.4 is 20.1 Å². The van der Waals surface area contributed by atoms with Crippen molar-refractivity contribution in [1.82, 2.24) is 30.2 Å². The van der Waals surface area contributed by atoms with Crippen LogP contribution in [0.25, 0.3) is 28.4 Å². The van der Waals surface area contributed by atoms with Gasteiger partial charge in [-0.1, -0.05) is 75.7 Å². The maximum absolute atomic E-state index is 14.6. The van der Waals surface area contributed by atoms with E-state index in [0.29, 0.717) is 48.8 Å². The van der Waals surface area contributed by atoms with E-state index >= 15 is 0 Å². The van der Waals surface area contributed by atoms with E-state index in [4.69, 9.17) is 19.4 Å². The highest BCUT2D eigenvalue weighted by atomic mass is 32.2. The van der Waals surface area contributed by atoms with Gasteiger partial charge in [-0.05, 0) is 75.5 Å². The predicted octanol–water partition coefficient (Wildman–Crippen LogP) is 4.87. The number of allylic oxidation sites excluding steroid dienone is 1. The van der Waals surface area contributed by atoms with Gasteiger partial charge in [0.1, 0.15) is 35.0 Å². The molecule has 2 aromatic carbocycles. The minimum atomic E-state index is -3.88. The molecule has 15 heteroatoms. The summed E-state index contributed by atoms with van der Waals surface area (Å²) in [5.74, 6) is -2.41. The zero-order valence-corrected chi connectivity index (χ0v) is 33.2. The second-order valence-electron chi connectivity index (χ2n) is 16.4. The first kappa shape index (κ1) is 39.2. The van der Waals surface area contributed by atoms with Crippen molar-refractivity contribution in [3.63, 3.8) is 0 Å². The van der Waals surface area contributed by atoms with E-state index in [0.717, 1.165) is 11.1 Å². The molecule has 2 aliphatic heterocycles. The Balaban J connectivity index is 1.26. The molecule has 3 aromatic rings. The number of benzene rings is 2. The maximum Gasteiger partial charge on any atom is 0.408 e. The summed E-state index contributed by atoms with van der Waals surface area (Å²) < 4.78 is 40.2. The Labute approximate surface area is 327 Å². The van der Waals surface area contributed by atoms with Crippen LogP contribution in [0.4, 0.5) is 4.79 Å². The van der Waals surface area contributed by atoms with Crippen molar-refractivity contribution in [3.8, 4) is 17.1 Å². The van der Waals surface area contributed by atoms with Gasteiger partial charge in [0.2, 0.25) is 27.7 Å². The van der Waals surface area contributed by atoms with Gasteiger partial charge in [-0.2, -0.15) is 0 Å². The highest BCUT2D eigenvalue weighted by molar-refractivity contribution is 7.91. The fourth-order valence-corrected chi connectivity index (χ4v) is 9.02. The number of hydrogen-bond donors (Lipinski definition) is 3. The van der Waals surface area contributed by atoms with Crippen LogP contribution in [0.5, 0.6) is 5.88 Å². The number of amides is 4. The van der Waals surface area contributed by atoms with Crippen molar-refractivity contribution in [2.75, 3.05) is 6.54 Å². The predicted molar refractivity (Wildman–Crippen MR) is 209 cm³/mol. The van der Waals surface area contributed by atoms with Gasteiger partial charge in [-0.25, -0.2) is 23.2 Å². The second kappa shape index (κ2) is 15.1. The van der Waals surface area contributed by atoms with Gasteiger partial charge in [0.15, 0.2) is 0 Å². The van der Waals surface area contributed by atoms with Crippen LogP contribution in [0, 0.1) is 11.8 Å². The van der Waals surface area contributed by atoms with Gasteiger partial charge in [0.05, 0.1) is 22.8 Å². The molecular formula is C41H50N6O8S. The van der Waals surface area contributed by atoms with Crippen molar-refractivity contribution < 1.29 is 37.1 Å². The molecule has 7 rings (SSSR count). The number of fused-ring (bicyclic) bond motifs is 4. The number of rotatable bonds is 8. The van der Waals surface area contributed by atoms with Crippen LogP contribution in [-0.2, 0) is 29.1 Å². The molecule has 3 fully saturated rings. The van der Waals surface area contributed by atoms with Crippen molar-refractivity contribution in [3.05, 3.63) is 60.2 Å². The number of carbonyl (C=O) groups excluding carboxylic acids is 4. The molecule has 0 spiro atoms. The highest BCUT2D eigenvalue weighted by Gasteiger charge is 2.62. The molecule has 14 nitrogen and oxygen atoms in total. The summed E-state index contributed by atoms with van der Waals surface area (Å²) in [7, 11) is -3.88. The number of sulfonamides is 1. The van der Waals surface area contributed by atoms with Crippen molar-refractivity contribution >= 4 is 50.9 Å². The first-order chi connectivity index (χ1) is 26.6. The first-order valence-corrected chi connectivity index (χ1v) is 21.0. The van der Waals surface area contributed by atoms with E-state index in [1.807, 2.05) is 67.6 Å². The summed E-state index contributed by atoms with van der Waals surface area (Å²) >= 11 is 0. The van der Waals surface area contributed by atoms with Gasteiger partial charge in [0, 0.05) is 12.0 Å². The number of carbonyl (C=O) groups is 4. The fourth-order valence-electron chi connectivity index (χ4n) is 7.65. The lowest BCUT2D eigenvalue weighted by atomic mass is 10.0. The van der Waals surface area contributed by atoms with Crippen LogP contribution in [0.2, 0.25) is 0 Å². The molecule has 3 heterocycles. The van der Waals surface area contributed by atoms with Crippen LogP contribution in [0.15, 0.2) is 54.6 Å². The Morgan fingerprint density at radius 3 is 2.48 bits per heavy atom. The molecule has 4 aliphatic rings. The minimum Gasteiger partial charge on any atom is -0.471 e. The third kappa shape index (κ3) is 8.23. The molecule has 56 heavy (non-hydrogen) atoms. The molecule has 3 N–H and O–H groups in total. The fraction of sp³-hybridized carbons (Fsp3) is 0.512. The number of hydrogen-bond acceptors (Lipinski definition) is 10. The number of aromatic nitrogens is 2. The summed E-state index contributed by atoms with van der Waals surface area (Å²) in [5, 5.41) is 5.01. The average Bonchev–Trinajstić information content (AvgIpc) is 4.08. The summed E-state index contributed by atoms with van der Waals surface area (Å²) in [4.78, 5) is 67.2. The summed E-state index contributed by atoms with van der Waals surface area (Å²) in [6.07, 6.45) is 5.31. The van der Waals surface area contributed by atoms with Gasteiger partial charge >= 0.3 is 6.09 Å². The van der Waals surface area contributed by atoms with Crippen LogP contribution in [0.3, 0.4) is 0 Å². The third-order valence-corrected chi connectivity index (χ3v) is 13.0. The zero-order chi connectivity index (χ0) is 40.0. The molecule has 5 atom stereocenters. The molecule has 298 valence electrons. The lowest BCUT2D eigenvalue weighted by molar-refractivity contribution is -0.142. The average molecular weight is 787 g/mol. The molecule has 5 bridgehead atoms. The molecular weight excluding hydrogens is 737 g/mol. The van der Waals surface area contributed by atoms with Crippen molar-refractivity contribution in [2.45, 2.75) is 114 Å². The summed E-state index contributed by atoms with van der Waals surface area (Å²) in [5.41, 5.74) is 1.07. The van der Waals surface area contributed by atoms with Gasteiger partial charge in [0.25, 0.3) is 5.91 Å². The quantitative estimate of drug-likeness (QED) is 0.285. The Morgan fingerprint density at radius 1 is 1.05 bits per heavy atom. The van der Waals surface area contributed by atoms with Crippen LogP contribution in [-0.4, -0.2) is 88.2 Å². The van der Waals surface area contributed by atoms with Gasteiger partial charge in [-0.3, -0.25) is 19.1 Å². The number of nitrogens with one attached hydrogen (secondary N) is 3. The number of alkyl carbamates (subject to hydrolysis) is 1. The van der Waals surface area contributed by atoms with Gasteiger partial charge in [-0.15, -0.1) is 0 Å². The van der Waals surface area contributed by atoms with E-state index in [1.54, 1.807) is 27.7 Å². The second-order valence-corrected chi connectivity index (χ2v) is 18.3. The summed E-state index contributed by atoms with van der Waals surface area (Å²) in [6, 6.07) is 13.0. The number of ether oxygens (including phenoxy) is 2. The number of cyclic esters (lactones) is 1. The molecule has 1 aromatic heterocycles. The van der Waals surface area contributed by atoms with Crippen molar-refractivity contribution in [2.24, 2.45) is 11.8 Å². The van der Waals surface area contributed by atoms with E-state index in [-0.39, 0.29) is 31.2 Å². The molecule has 0 unspecified atom stereocenters. The normalized spacial score (nSPS) is 27.1. The zero-order valence-electron chi connectivity index (χ0n) is 32.4. The van der Waals surface area contributed by atoms with E-state index in [1.165, 1.54) is 4.90 Å². The highest BCUT2D eigenvalue weighted by Crippen LogP contribution is 2.47. The largest absolute Gasteiger partial charge is 0.471 e. The van der Waals surface area contributed by atoms with E-state index < -0.39 is 74.3 Å². The van der Waals surface area contributed by atoms with Crippen molar-refractivity contribution in [1.29, 1.82) is 0 Å². The van der Waals surface area contributed by atoms with E-state index in [9.17, 15) is 27.6 Å². The Hall–Kier alpha value is -5.05. The first-order valence-electron chi connectivity index (χ1n) is 19.5. The standard InChI is InChI=1S/C41H50N6O8S/c1-6-27-22-41(27,38(50)46-56(52,53)29-16-17-29)45-35(48)32-21-28-23-47(32)37(49)33(24(2)3)44-39(51)55-40(4,5)19-11-10-12-25-15-18-30-31(20-25)43-36(54-28)34(42-30)26-13-8-7-9-14-26/h7-10,12-15,18,20,24,27-29,32-33H,6,11,16-17,19,21-23H2,1-5H3,(H,44,51)(H,45,48)(H,46,50)/b12-10+/t27-,28-,32+,33+,41+/m1/s1. The maximum atomic E-state index is 14.6. The van der Waals surface area contributed by atoms with Gasteiger partial charge < -0.3 is 25.0 Å². The van der Waals surface area contributed by atoms with Crippen LogP contribution in [0.1, 0.15) is 85.1 Å². The Morgan fingerprint density at radius 2 is 1.80 bits per heavy atom. The smallest absolute Gasteiger partial charge is 0.408 e. The molecule has 4 amide bonds. The minimum absolute atomic E-state index is 0.0193. The lowest BCUT2D eigenvalue weighted by Crippen LogP contribution is -2.59. The Bertz CT molecular complexity index is 2170. The SMILES string of the molecule is CC[C@@H]1C[C@@]1(NC(=O)[C@@H]1C[C@@H]2CN1C(=O)[C@H](C(C)C)NC(=O)OC(C)(C)CC/C=C/c1ccc3nc(-c4ccccc4)c(nc3c1)O2)C(=O)NS(=O)(=O)C1CC1. The molecule has 2 aliphatic carbocycles. The Kier molecular flexibility index (Phi) is 10.6.